The number of hydrogen-bond donors (Lipinski definition) is 1. The zero-order valence-corrected chi connectivity index (χ0v) is 11.9. The fourth-order valence-corrected chi connectivity index (χ4v) is 2.64. The summed E-state index contributed by atoms with van der Waals surface area (Å²) >= 11 is 19.4. The van der Waals surface area contributed by atoms with Crippen molar-refractivity contribution in [1.29, 1.82) is 0 Å². The average Bonchev–Trinajstić information content (AvgIpc) is 1.97. The first-order valence-electron chi connectivity index (χ1n) is 3.91. The van der Waals surface area contributed by atoms with Crippen LogP contribution in [-0.4, -0.2) is 25.6 Å². The summed E-state index contributed by atoms with van der Waals surface area (Å²) in [5.41, 5.74) is -0.592. The third-order valence-corrected chi connectivity index (χ3v) is 3.19. The van der Waals surface area contributed by atoms with Gasteiger partial charge in [0, 0.05) is 5.41 Å². The van der Waals surface area contributed by atoms with E-state index in [0.29, 0.717) is 0 Å². The molecule has 0 aromatic carbocycles. The van der Waals surface area contributed by atoms with Crippen LogP contribution >= 0.6 is 50.7 Å². The van der Waals surface area contributed by atoms with Gasteiger partial charge in [0.1, 0.15) is 10.9 Å². The van der Waals surface area contributed by atoms with Gasteiger partial charge in [0.25, 0.3) is 0 Å². The maximum absolute atomic E-state index is 11.7. The van der Waals surface area contributed by atoms with E-state index in [0.717, 1.165) is 0 Å². The first-order valence-corrected chi connectivity index (χ1v) is 5.96. The van der Waals surface area contributed by atoms with Gasteiger partial charge >= 0.3 is 0 Å². The number of ketones is 1. The number of halogens is 4. The van der Waals surface area contributed by atoms with E-state index in [9.17, 15) is 9.90 Å². The summed E-state index contributed by atoms with van der Waals surface area (Å²) in [6, 6.07) is 0. The fourth-order valence-electron chi connectivity index (χ4n) is 0.723. The predicted octanol–water partition coefficient (Wildman–Crippen LogP) is 3.10. The van der Waals surface area contributed by atoms with Crippen molar-refractivity contribution in [1.82, 2.24) is 0 Å². The molecule has 0 bridgehead atoms. The van der Waals surface area contributed by atoms with Gasteiger partial charge in [-0.25, -0.2) is 0 Å². The molecular weight excluding hydrogens is 314 g/mol. The smallest absolute Gasteiger partial charge is 0.217 e. The van der Waals surface area contributed by atoms with Gasteiger partial charge in [0.2, 0.25) is 3.79 Å². The summed E-state index contributed by atoms with van der Waals surface area (Å²) in [5.74, 6) is -0.212. The lowest BCUT2D eigenvalue weighted by atomic mass is 9.88. The highest BCUT2D eigenvalue weighted by molar-refractivity contribution is 9.10. The first-order chi connectivity index (χ1) is 5.98. The maximum atomic E-state index is 11.7. The van der Waals surface area contributed by atoms with Crippen molar-refractivity contribution in [3.8, 4) is 0 Å². The van der Waals surface area contributed by atoms with Crippen LogP contribution in [0.3, 0.4) is 0 Å². The highest BCUT2D eigenvalue weighted by Crippen LogP contribution is 2.36. The van der Waals surface area contributed by atoms with E-state index >= 15 is 0 Å². The molecule has 0 heterocycles. The number of hydrogen-bond acceptors (Lipinski definition) is 2. The minimum absolute atomic E-state index is 0.212. The van der Waals surface area contributed by atoms with Crippen molar-refractivity contribution in [2.24, 2.45) is 5.41 Å². The highest BCUT2D eigenvalue weighted by Gasteiger charge is 2.42. The third kappa shape index (κ3) is 4.23. The number of carbonyl (C=O) groups excluding carboxylic acids is 1. The molecule has 0 aliphatic carbocycles. The quantitative estimate of drug-likeness (QED) is 0.792. The second kappa shape index (κ2) is 4.88. The number of aliphatic hydroxyl groups is 1. The second-order valence-corrected chi connectivity index (χ2v) is 7.36. The molecule has 0 radical (unpaired) electrons. The van der Waals surface area contributed by atoms with Gasteiger partial charge in [0.05, 0.1) is 0 Å². The van der Waals surface area contributed by atoms with Crippen LogP contribution in [0.4, 0.5) is 0 Å². The van der Waals surface area contributed by atoms with Crippen LogP contribution in [0, 0.1) is 5.41 Å². The van der Waals surface area contributed by atoms with E-state index in [2.05, 4.69) is 15.9 Å². The Kier molecular flexibility index (Phi) is 5.22. The van der Waals surface area contributed by atoms with Gasteiger partial charge in [0.15, 0.2) is 5.78 Å². The molecule has 0 fully saturated rings. The molecule has 0 spiro atoms. The number of alkyl halides is 4. The van der Waals surface area contributed by atoms with E-state index in [-0.39, 0.29) is 5.78 Å². The lowest BCUT2D eigenvalue weighted by Crippen LogP contribution is -2.43. The van der Waals surface area contributed by atoms with Crippen LogP contribution in [0.1, 0.15) is 20.8 Å². The molecule has 0 amide bonds. The maximum Gasteiger partial charge on any atom is 0.217 e. The molecule has 1 N–H and O–H groups in total. The molecule has 2 nitrogen and oxygen atoms in total. The van der Waals surface area contributed by atoms with E-state index in [1.54, 1.807) is 20.8 Å². The molecule has 0 saturated heterocycles. The predicted molar refractivity (Wildman–Crippen MR) is 63.5 cm³/mol. The van der Waals surface area contributed by atoms with E-state index in [1.165, 1.54) is 0 Å². The second-order valence-electron chi connectivity index (χ2n) is 4.00. The number of rotatable bonds is 2. The minimum atomic E-state index is -1.87. The molecule has 2 atom stereocenters. The molecule has 14 heavy (non-hydrogen) atoms. The number of carbonyl (C=O) groups is 1. The largest absolute Gasteiger partial charge is 0.387 e. The van der Waals surface area contributed by atoms with Crippen LogP contribution in [-0.2, 0) is 4.79 Å². The van der Waals surface area contributed by atoms with Crippen molar-refractivity contribution in [2.45, 2.75) is 35.5 Å². The average molecular weight is 326 g/mol. The Morgan fingerprint density at radius 3 is 1.86 bits per heavy atom. The molecule has 84 valence electrons. The van der Waals surface area contributed by atoms with Crippen LogP contribution in [0.2, 0.25) is 0 Å². The van der Waals surface area contributed by atoms with Crippen LogP contribution < -0.4 is 0 Å². The van der Waals surface area contributed by atoms with Gasteiger partial charge in [-0.2, -0.15) is 0 Å². The zero-order chi connectivity index (χ0) is 11.7. The van der Waals surface area contributed by atoms with E-state index in [1.807, 2.05) is 0 Å². The number of Topliss-reactive ketones (excluding diaryl/α,β-unsaturated/α-hetero) is 1. The van der Waals surface area contributed by atoms with Crippen molar-refractivity contribution in [2.75, 3.05) is 0 Å². The van der Waals surface area contributed by atoms with E-state index < -0.39 is 20.1 Å². The standard InChI is InChI=1S/C8H12BrCl3O2/c1-7(2,3)5(13)4(9)6(14)8(10,11)12/h4,6,14H,1-3H3/t4-,6-/m1/s1. The Morgan fingerprint density at radius 2 is 1.64 bits per heavy atom. The molecule has 0 aliphatic rings. The Morgan fingerprint density at radius 1 is 1.29 bits per heavy atom. The lowest BCUT2D eigenvalue weighted by Gasteiger charge is -2.27. The molecule has 6 heteroatoms. The molecule has 0 unspecified atom stereocenters. The summed E-state index contributed by atoms with van der Waals surface area (Å²) in [4.78, 5) is 10.8. The number of aliphatic hydroxyl groups excluding tert-OH is 1. The van der Waals surface area contributed by atoms with Crippen LogP contribution in [0.5, 0.6) is 0 Å². The summed E-state index contributed by atoms with van der Waals surface area (Å²) in [6.07, 6.45) is -1.36. The van der Waals surface area contributed by atoms with Gasteiger partial charge in [-0.05, 0) is 0 Å². The highest BCUT2D eigenvalue weighted by atomic mass is 79.9. The summed E-state index contributed by atoms with van der Waals surface area (Å²) in [6.45, 7) is 5.19. The Hall–Kier alpha value is 0.980. The Bertz CT molecular complexity index is 220. The van der Waals surface area contributed by atoms with Gasteiger partial charge in [-0.15, -0.1) is 0 Å². The molecule has 0 aromatic rings. The minimum Gasteiger partial charge on any atom is -0.387 e. The van der Waals surface area contributed by atoms with Crippen molar-refractivity contribution < 1.29 is 9.90 Å². The lowest BCUT2D eigenvalue weighted by molar-refractivity contribution is -0.127. The fraction of sp³-hybridized carbons (Fsp3) is 0.875. The van der Waals surface area contributed by atoms with E-state index in [4.69, 9.17) is 34.8 Å². The summed E-state index contributed by atoms with van der Waals surface area (Å²) < 4.78 is -1.87. The summed E-state index contributed by atoms with van der Waals surface area (Å²) in [5, 5.41) is 9.52. The molecule has 0 aliphatic heterocycles. The van der Waals surface area contributed by atoms with Crippen LogP contribution in [0.15, 0.2) is 0 Å². The van der Waals surface area contributed by atoms with Crippen LogP contribution in [0.25, 0.3) is 0 Å². The monoisotopic (exact) mass is 324 g/mol. The topological polar surface area (TPSA) is 37.3 Å². The zero-order valence-electron chi connectivity index (χ0n) is 8.02. The molecular formula is C8H12BrCl3O2. The normalized spacial score (nSPS) is 17.7. The van der Waals surface area contributed by atoms with Gasteiger partial charge in [-0.3, -0.25) is 4.79 Å². The molecule has 0 aromatic heterocycles. The Balaban J connectivity index is 4.65. The van der Waals surface area contributed by atoms with Gasteiger partial charge < -0.3 is 5.11 Å². The van der Waals surface area contributed by atoms with Crippen molar-refractivity contribution in [3.63, 3.8) is 0 Å². The molecule has 0 rings (SSSR count). The summed E-state index contributed by atoms with van der Waals surface area (Å²) in [7, 11) is 0. The molecule has 0 saturated carbocycles. The van der Waals surface area contributed by atoms with Gasteiger partial charge in [-0.1, -0.05) is 71.5 Å². The van der Waals surface area contributed by atoms with Crippen molar-refractivity contribution >= 4 is 56.5 Å². The third-order valence-electron chi connectivity index (χ3n) is 1.60. The Labute approximate surface area is 107 Å². The SMILES string of the molecule is CC(C)(C)C(=O)[C@@H](Br)[C@@H](O)C(Cl)(Cl)Cl. The van der Waals surface area contributed by atoms with Crippen molar-refractivity contribution in [3.05, 3.63) is 0 Å². The first kappa shape index (κ1) is 15.0.